The highest BCUT2D eigenvalue weighted by Crippen LogP contribution is 2.14. The summed E-state index contributed by atoms with van der Waals surface area (Å²) < 4.78 is 10.4. The van der Waals surface area contributed by atoms with Crippen molar-refractivity contribution in [1.29, 1.82) is 0 Å². The standard InChI is InChI=1S/C44H82N6O10/c1-10-11-12-13-14-15-16-17-18-19-20-21-22-29-36(51)49-34(27-23-25-30-45-41(57)59-43(4,5)6)39(54)48-32(2)37(52)47-33(3)38(53)50-35(40(55)56)28-24-26-31-46-42(58)60-44(7,8)9/h32-35H,10-31H2,1-9H3,(H,45,57)(H,46,58)(H,47,52)(H,48,54)(H,49,51)(H,50,53)(H,55,56)/t32-,33-,34-,35-/m0/s1. The van der Waals surface area contributed by atoms with E-state index >= 15 is 0 Å². The Hall–Kier alpha value is -4.11. The fourth-order valence-corrected chi connectivity index (χ4v) is 6.13. The predicted molar refractivity (Wildman–Crippen MR) is 233 cm³/mol. The minimum Gasteiger partial charge on any atom is -0.480 e. The molecule has 0 spiro atoms. The van der Waals surface area contributed by atoms with Crippen molar-refractivity contribution < 1.29 is 48.1 Å². The molecule has 0 heterocycles. The average Bonchev–Trinajstić information content (AvgIpc) is 3.13. The first-order valence-corrected chi connectivity index (χ1v) is 22.5. The summed E-state index contributed by atoms with van der Waals surface area (Å²) in [5, 5.41) is 25.3. The Kier molecular flexibility index (Phi) is 29.5. The maximum absolute atomic E-state index is 13.4. The molecule has 60 heavy (non-hydrogen) atoms. The van der Waals surface area contributed by atoms with Crippen molar-refractivity contribution in [2.24, 2.45) is 0 Å². The van der Waals surface area contributed by atoms with Gasteiger partial charge in [0.05, 0.1) is 0 Å². The summed E-state index contributed by atoms with van der Waals surface area (Å²) in [5.74, 6) is -3.48. The second-order valence-corrected chi connectivity index (χ2v) is 17.8. The van der Waals surface area contributed by atoms with E-state index in [1.54, 1.807) is 41.5 Å². The number of aliphatic carboxylic acids is 1. The summed E-state index contributed by atoms with van der Waals surface area (Å²) in [4.78, 5) is 88.0. The van der Waals surface area contributed by atoms with Crippen LogP contribution in [0.2, 0.25) is 0 Å². The number of carbonyl (C=O) groups is 7. The molecule has 348 valence electrons. The number of amides is 6. The van der Waals surface area contributed by atoms with E-state index in [1.165, 1.54) is 71.6 Å². The van der Waals surface area contributed by atoms with Crippen molar-refractivity contribution in [3.8, 4) is 0 Å². The van der Waals surface area contributed by atoms with Gasteiger partial charge in [0.1, 0.15) is 35.4 Å². The highest BCUT2D eigenvalue weighted by molar-refractivity contribution is 5.94. The zero-order valence-electron chi connectivity index (χ0n) is 38.5. The third kappa shape index (κ3) is 31.8. The monoisotopic (exact) mass is 855 g/mol. The third-order valence-electron chi connectivity index (χ3n) is 9.45. The van der Waals surface area contributed by atoms with E-state index < -0.39 is 71.2 Å². The van der Waals surface area contributed by atoms with Gasteiger partial charge in [0, 0.05) is 19.5 Å². The number of alkyl carbamates (subject to hydrolysis) is 2. The summed E-state index contributed by atoms with van der Waals surface area (Å²) in [6.07, 6.45) is 16.7. The average molecular weight is 855 g/mol. The molecule has 0 fully saturated rings. The van der Waals surface area contributed by atoms with Gasteiger partial charge in [0.25, 0.3) is 0 Å². The Balaban J connectivity index is 5.02. The van der Waals surface area contributed by atoms with Gasteiger partial charge in [-0.3, -0.25) is 19.2 Å². The molecule has 0 aliphatic heterocycles. The lowest BCUT2D eigenvalue weighted by molar-refractivity contribution is -0.142. The normalized spacial score (nSPS) is 13.5. The molecule has 6 amide bonds. The fraction of sp³-hybridized carbons (Fsp3) is 0.841. The van der Waals surface area contributed by atoms with E-state index in [2.05, 4.69) is 38.8 Å². The van der Waals surface area contributed by atoms with Crippen LogP contribution < -0.4 is 31.9 Å². The molecule has 0 bridgehead atoms. The quantitative estimate of drug-likeness (QED) is 0.0345. The molecule has 0 aromatic rings. The molecule has 0 aromatic heterocycles. The van der Waals surface area contributed by atoms with Crippen LogP contribution in [0.15, 0.2) is 0 Å². The molecule has 4 atom stereocenters. The first-order valence-electron chi connectivity index (χ1n) is 22.5. The third-order valence-corrected chi connectivity index (χ3v) is 9.45. The molecule has 0 aromatic carbocycles. The van der Waals surface area contributed by atoms with E-state index in [4.69, 9.17) is 9.47 Å². The van der Waals surface area contributed by atoms with Crippen LogP contribution in [0.25, 0.3) is 0 Å². The molecule has 0 saturated heterocycles. The lowest BCUT2D eigenvalue weighted by Crippen LogP contribution is -2.56. The first kappa shape index (κ1) is 55.9. The fourth-order valence-electron chi connectivity index (χ4n) is 6.13. The Bertz CT molecular complexity index is 1280. The number of carboxylic acid groups (broad SMARTS) is 1. The van der Waals surface area contributed by atoms with Crippen molar-refractivity contribution >= 4 is 41.8 Å². The number of hydrogen-bond acceptors (Lipinski definition) is 9. The van der Waals surface area contributed by atoms with Gasteiger partial charge in [-0.05, 0) is 100 Å². The highest BCUT2D eigenvalue weighted by Gasteiger charge is 2.28. The Morgan fingerprint density at radius 2 is 0.867 bits per heavy atom. The first-order chi connectivity index (χ1) is 28.1. The van der Waals surface area contributed by atoms with E-state index in [-0.39, 0.29) is 31.7 Å². The maximum atomic E-state index is 13.4. The van der Waals surface area contributed by atoms with Crippen LogP contribution >= 0.6 is 0 Å². The van der Waals surface area contributed by atoms with Crippen LogP contribution in [0.3, 0.4) is 0 Å². The largest absolute Gasteiger partial charge is 0.480 e. The number of rotatable bonds is 32. The van der Waals surface area contributed by atoms with Crippen molar-refractivity contribution in [3.63, 3.8) is 0 Å². The lowest BCUT2D eigenvalue weighted by atomic mass is 10.0. The zero-order chi connectivity index (χ0) is 45.6. The number of unbranched alkanes of at least 4 members (excludes halogenated alkanes) is 14. The summed E-state index contributed by atoms with van der Waals surface area (Å²) in [6, 6.07) is -4.37. The minimum absolute atomic E-state index is 0.0910. The van der Waals surface area contributed by atoms with Gasteiger partial charge in [-0.15, -0.1) is 0 Å². The Morgan fingerprint density at radius 3 is 1.28 bits per heavy atom. The van der Waals surface area contributed by atoms with Gasteiger partial charge in [-0.2, -0.15) is 0 Å². The second-order valence-electron chi connectivity index (χ2n) is 17.8. The lowest BCUT2D eigenvalue weighted by Gasteiger charge is -2.23. The molecule has 16 nitrogen and oxygen atoms in total. The van der Waals surface area contributed by atoms with Crippen molar-refractivity contribution in [2.45, 2.75) is 226 Å². The van der Waals surface area contributed by atoms with Gasteiger partial charge in [-0.1, -0.05) is 84.0 Å². The number of ether oxygens (including phenoxy) is 2. The molecule has 0 rings (SSSR count). The van der Waals surface area contributed by atoms with E-state index in [1.807, 2.05) is 0 Å². The van der Waals surface area contributed by atoms with Crippen LogP contribution in [0.1, 0.15) is 191 Å². The van der Waals surface area contributed by atoms with Crippen LogP contribution in [-0.4, -0.2) is 95.4 Å². The minimum atomic E-state index is -1.24. The molecule has 16 heteroatoms. The zero-order valence-corrected chi connectivity index (χ0v) is 38.5. The van der Waals surface area contributed by atoms with Crippen molar-refractivity contribution in [1.82, 2.24) is 31.9 Å². The smallest absolute Gasteiger partial charge is 0.407 e. The Morgan fingerprint density at radius 1 is 0.483 bits per heavy atom. The van der Waals surface area contributed by atoms with Gasteiger partial charge >= 0.3 is 18.2 Å². The van der Waals surface area contributed by atoms with Crippen molar-refractivity contribution in [2.75, 3.05) is 13.1 Å². The van der Waals surface area contributed by atoms with Crippen LogP contribution in [0, 0.1) is 0 Å². The highest BCUT2D eigenvalue weighted by atomic mass is 16.6. The van der Waals surface area contributed by atoms with Crippen LogP contribution in [0.4, 0.5) is 9.59 Å². The molecule has 0 aliphatic carbocycles. The molecule has 0 radical (unpaired) electrons. The van der Waals surface area contributed by atoms with Gasteiger partial charge in [0.15, 0.2) is 0 Å². The molecular formula is C44H82N6O10. The second kappa shape index (κ2) is 31.7. The van der Waals surface area contributed by atoms with Crippen LogP contribution in [-0.2, 0) is 33.4 Å². The summed E-state index contributed by atoms with van der Waals surface area (Å²) in [5.41, 5.74) is -1.28. The number of carbonyl (C=O) groups excluding carboxylic acids is 6. The number of carboxylic acids is 1. The molecule has 0 aliphatic rings. The summed E-state index contributed by atoms with van der Waals surface area (Å²) in [6.45, 7) is 16.2. The number of hydrogen-bond donors (Lipinski definition) is 7. The SMILES string of the molecule is CCCCCCCCCCCCCCCC(=O)N[C@@H](CCCCNC(=O)OC(C)(C)C)C(=O)N[C@@H](C)C(=O)N[C@@H](C)C(=O)N[C@@H](CCCCNC(=O)OC(C)(C)C)C(=O)O. The Labute approximate surface area is 360 Å². The molecule has 0 unspecified atom stereocenters. The predicted octanol–water partition coefficient (Wildman–Crippen LogP) is 6.92. The van der Waals surface area contributed by atoms with E-state index in [0.29, 0.717) is 38.6 Å². The van der Waals surface area contributed by atoms with Gasteiger partial charge < -0.3 is 46.5 Å². The maximum Gasteiger partial charge on any atom is 0.407 e. The molecular weight excluding hydrogens is 773 g/mol. The van der Waals surface area contributed by atoms with Gasteiger partial charge in [-0.25, -0.2) is 14.4 Å². The summed E-state index contributed by atoms with van der Waals surface area (Å²) >= 11 is 0. The van der Waals surface area contributed by atoms with Gasteiger partial charge in [0.2, 0.25) is 23.6 Å². The molecule has 7 N–H and O–H groups in total. The van der Waals surface area contributed by atoms with Crippen molar-refractivity contribution in [3.05, 3.63) is 0 Å². The van der Waals surface area contributed by atoms with E-state index in [0.717, 1.165) is 19.3 Å². The molecule has 0 saturated carbocycles. The van der Waals surface area contributed by atoms with Crippen LogP contribution in [0.5, 0.6) is 0 Å². The number of nitrogens with one attached hydrogen (secondary N) is 6. The van der Waals surface area contributed by atoms with E-state index in [9.17, 15) is 38.7 Å². The topological polar surface area (TPSA) is 230 Å². The summed E-state index contributed by atoms with van der Waals surface area (Å²) in [7, 11) is 0.